The molecule has 19 heavy (non-hydrogen) atoms. The van der Waals surface area contributed by atoms with Crippen molar-refractivity contribution in [2.75, 3.05) is 6.54 Å². The van der Waals surface area contributed by atoms with Crippen LogP contribution in [0.5, 0.6) is 0 Å². The molecule has 0 heterocycles. The summed E-state index contributed by atoms with van der Waals surface area (Å²) in [5, 5.41) is 13.1. The Morgan fingerprint density at radius 2 is 2.26 bits per heavy atom. The van der Waals surface area contributed by atoms with Crippen molar-refractivity contribution in [2.45, 2.75) is 31.8 Å². The summed E-state index contributed by atoms with van der Waals surface area (Å²) in [6.45, 7) is 0.616. The van der Waals surface area contributed by atoms with E-state index in [0.29, 0.717) is 27.5 Å². The number of amides is 1. The summed E-state index contributed by atoms with van der Waals surface area (Å²) in [6.07, 6.45) is 3.55. The van der Waals surface area contributed by atoms with E-state index in [1.165, 1.54) is 0 Å². The van der Waals surface area contributed by atoms with E-state index in [-0.39, 0.29) is 12.0 Å². The van der Waals surface area contributed by atoms with E-state index in [2.05, 4.69) is 21.2 Å². The Kier molecular flexibility index (Phi) is 5.25. The Bertz CT molecular complexity index is 467. The molecule has 2 atom stereocenters. The lowest BCUT2D eigenvalue weighted by molar-refractivity contribution is 0.0873. The van der Waals surface area contributed by atoms with Gasteiger partial charge in [-0.1, -0.05) is 18.0 Å². The van der Waals surface area contributed by atoms with Crippen LogP contribution in [0.4, 0.5) is 0 Å². The Morgan fingerprint density at radius 1 is 1.47 bits per heavy atom. The molecule has 1 fully saturated rings. The van der Waals surface area contributed by atoms with Crippen LogP contribution < -0.4 is 5.32 Å². The number of halogens is 2. The molecule has 1 aromatic carbocycles. The SMILES string of the molecule is O=C(NCC1CCCC(O)C1)c1ccc(Cl)cc1Br. The predicted octanol–water partition coefficient (Wildman–Crippen LogP) is 3.38. The maximum atomic E-state index is 12.1. The van der Waals surface area contributed by atoms with Gasteiger partial charge in [-0.15, -0.1) is 0 Å². The predicted molar refractivity (Wildman–Crippen MR) is 79.5 cm³/mol. The van der Waals surface area contributed by atoms with Crippen LogP contribution in [-0.2, 0) is 0 Å². The summed E-state index contributed by atoms with van der Waals surface area (Å²) in [5.41, 5.74) is 0.584. The lowest BCUT2D eigenvalue weighted by atomic mass is 9.87. The Morgan fingerprint density at radius 3 is 2.95 bits per heavy atom. The van der Waals surface area contributed by atoms with E-state index in [1.54, 1.807) is 18.2 Å². The molecule has 2 N–H and O–H groups in total. The van der Waals surface area contributed by atoms with Gasteiger partial charge in [0.25, 0.3) is 5.91 Å². The summed E-state index contributed by atoms with van der Waals surface area (Å²) < 4.78 is 0.696. The van der Waals surface area contributed by atoms with Crippen molar-refractivity contribution in [1.82, 2.24) is 5.32 Å². The number of nitrogens with one attached hydrogen (secondary N) is 1. The highest BCUT2D eigenvalue weighted by atomic mass is 79.9. The van der Waals surface area contributed by atoms with Crippen molar-refractivity contribution in [3.63, 3.8) is 0 Å². The van der Waals surface area contributed by atoms with Crippen LogP contribution in [0.1, 0.15) is 36.0 Å². The van der Waals surface area contributed by atoms with Crippen LogP contribution in [0.3, 0.4) is 0 Å². The molecule has 0 radical (unpaired) electrons. The van der Waals surface area contributed by atoms with Crippen molar-refractivity contribution in [3.8, 4) is 0 Å². The maximum Gasteiger partial charge on any atom is 0.252 e. The van der Waals surface area contributed by atoms with Gasteiger partial charge in [0.2, 0.25) is 0 Å². The first-order chi connectivity index (χ1) is 9.06. The second kappa shape index (κ2) is 6.73. The Labute approximate surface area is 126 Å². The Hall–Kier alpha value is -0.580. The van der Waals surface area contributed by atoms with Gasteiger partial charge in [0.15, 0.2) is 0 Å². The van der Waals surface area contributed by atoms with Gasteiger partial charge in [-0.05, 0) is 59.3 Å². The molecule has 0 spiro atoms. The van der Waals surface area contributed by atoms with Gasteiger partial charge in [-0.3, -0.25) is 4.79 Å². The molecule has 1 aromatic rings. The first-order valence-electron chi connectivity index (χ1n) is 6.47. The van der Waals surface area contributed by atoms with Crippen molar-refractivity contribution in [2.24, 2.45) is 5.92 Å². The fourth-order valence-electron chi connectivity index (χ4n) is 2.45. The number of carbonyl (C=O) groups is 1. The topological polar surface area (TPSA) is 49.3 Å². The van der Waals surface area contributed by atoms with Gasteiger partial charge in [0, 0.05) is 16.0 Å². The van der Waals surface area contributed by atoms with Crippen LogP contribution in [0.2, 0.25) is 5.02 Å². The largest absolute Gasteiger partial charge is 0.393 e. The molecule has 1 saturated carbocycles. The van der Waals surface area contributed by atoms with Crippen LogP contribution >= 0.6 is 27.5 Å². The minimum atomic E-state index is -0.210. The molecule has 3 nitrogen and oxygen atoms in total. The van der Waals surface area contributed by atoms with Crippen molar-refractivity contribution in [1.29, 1.82) is 0 Å². The molecule has 104 valence electrons. The molecule has 0 aliphatic heterocycles. The van der Waals surface area contributed by atoms with E-state index < -0.39 is 0 Å². The lowest BCUT2D eigenvalue weighted by Crippen LogP contribution is -2.33. The monoisotopic (exact) mass is 345 g/mol. The fourth-order valence-corrected chi connectivity index (χ4v) is 3.32. The molecule has 1 amide bonds. The van der Waals surface area contributed by atoms with Crippen LogP contribution in [0, 0.1) is 5.92 Å². The van der Waals surface area contributed by atoms with Gasteiger partial charge in [-0.2, -0.15) is 0 Å². The number of aliphatic hydroxyl groups is 1. The van der Waals surface area contributed by atoms with Crippen molar-refractivity contribution >= 4 is 33.4 Å². The highest BCUT2D eigenvalue weighted by Gasteiger charge is 2.21. The molecule has 2 unspecified atom stereocenters. The zero-order chi connectivity index (χ0) is 13.8. The molecular weight excluding hydrogens is 330 g/mol. The molecule has 1 aliphatic rings. The lowest BCUT2D eigenvalue weighted by Gasteiger charge is -2.25. The first-order valence-corrected chi connectivity index (χ1v) is 7.64. The molecule has 0 bridgehead atoms. The summed E-state index contributed by atoms with van der Waals surface area (Å²) >= 11 is 9.18. The van der Waals surface area contributed by atoms with Gasteiger partial charge in [0.05, 0.1) is 11.7 Å². The number of rotatable bonds is 3. The molecule has 0 aromatic heterocycles. The quantitative estimate of drug-likeness (QED) is 0.881. The van der Waals surface area contributed by atoms with Crippen molar-refractivity contribution < 1.29 is 9.90 Å². The van der Waals surface area contributed by atoms with E-state index in [0.717, 1.165) is 25.7 Å². The molecule has 5 heteroatoms. The number of aliphatic hydroxyl groups excluding tert-OH is 1. The van der Waals surface area contributed by atoms with Gasteiger partial charge in [0.1, 0.15) is 0 Å². The minimum absolute atomic E-state index is 0.108. The average molecular weight is 347 g/mol. The third-order valence-corrected chi connectivity index (χ3v) is 4.37. The van der Waals surface area contributed by atoms with Gasteiger partial charge >= 0.3 is 0 Å². The molecule has 1 aliphatic carbocycles. The maximum absolute atomic E-state index is 12.1. The third-order valence-electron chi connectivity index (χ3n) is 3.48. The summed E-state index contributed by atoms with van der Waals surface area (Å²) in [7, 11) is 0. The molecule has 0 saturated heterocycles. The van der Waals surface area contributed by atoms with E-state index >= 15 is 0 Å². The van der Waals surface area contributed by atoms with Gasteiger partial charge < -0.3 is 10.4 Å². The minimum Gasteiger partial charge on any atom is -0.393 e. The van der Waals surface area contributed by atoms with E-state index in [1.807, 2.05) is 0 Å². The molecular formula is C14H17BrClNO2. The standard InChI is InChI=1S/C14H17BrClNO2/c15-13-7-10(16)4-5-12(13)14(19)17-8-9-2-1-3-11(18)6-9/h4-5,7,9,11,18H,1-3,6,8H2,(H,17,19). The van der Waals surface area contributed by atoms with E-state index in [9.17, 15) is 9.90 Å². The number of hydrogen-bond acceptors (Lipinski definition) is 2. The zero-order valence-electron chi connectivity index (χ0n) is 10.5. The smallest absolute Gasteiger partial charge is 0.252 e. The number of carbonyl (C=O) groups excluding carboxylic acids is 1. The van der Waals surface area contributed by atoms with E-state index in [4.69, 9.17) is 11.6 Å². The first kappa shape index (κ1) is 14.8. The Balaban J connectivity index is 1.90. The van der Waals surface area contributed by atoms with Crippen LogP contribution in [0.15, 0.2) is 22.7 Å². The summed E-state index contributed by atoms with van der Waals surface area (Å²) in [6, 6.07) is 5.11. The fraction of sp³-hybridized carbons (Fsp3) is 0.500. The second-order valence-corrected chi connectivity index (χ2v) is 6.31. The van der Waals surface area contributed by atoms with Gasteiger partial charge in [-0.25, -0.2) is 0 Å². The highest BCUT2D eigenvalue weighted by molar-refractivity contribution is 9.10. The van der Waals surface area contributed by atoms with Crippen molar-refractivity contribution in [3.05, 3.63) is 33.3 Å². The summed E-state index contributed by atoms with van der Waals surface area (Å²) in [4.78, 5) is 12.1. The van der Waals surface area contributed by atoms with Crippen LogP contribution in [0.25, 0.3) is 0 Å². The normalized spacial score (nSPS) is 23.1. The highest BCUT2D eigenvalue weighted by Crippen LogP contribution is 2.24. The second-order valence-electron chi connectivity index (χ2n) is 5.02. The van der Waals surface area contributed by atoms with Crippen LogP contribution in [-0.4, -0.2) is 23.7 Å². The average Bonchev–Trinajstić information content (AvgIpc) is 2.36. The zero-order valence-corrected chi connectivity index (χ0v) is 12.9. The molecule has 2 rings (SSSR count). The number of hydrogen-bond donors (Lipinski definition) is 2. The summed E-state index contributed by atoms with van der Waals surface area (Å²) in [5.74, 6) is 0.266. The number of benzene rings is 1. The third kappa shape index (κ3) is 4.20.